The van der Waals surface area contributed by atoms with E-state index in [4.69, 9.17) is 16.3 Å². The number of carbonyl (C=O) groups excluding carboxylic acids is 3. The summed E-state index contributed by atoms with van der Waals surface area (Å²) in [6.45, 7) is 1.80. The molecule has 0 aliphatic carbocycles. The average molecular weight is 458 g/mol. The molecule has 0 saturated carbocycles. The molecular weight excluding hydrogens is 440 g/mol. The lowest BCUT2D eigenvalue weighted by Gasteiger charge is -2.40. The first-order chi connectivity index (χ1) is 12.8. The van der Waals surface area contributed by atoms with Gasteiger partial charge >= 0.3 is 12.0 Å². The zero-order chi connectivity index (χ0) is 19.7. The van der Waals surface area contributed by atoms with Crippen LogP contribution in [0.1, 0.15) is 12.5 Å². The second-order valence-electron chi connectivity index (χ2n) is 6.13. The van der Waals surface area contributed by atoms with Gasteiger partial charge in [0.25, 0.3) is 5.91 Å². The third-order valence-corrected chi connectivity index (χ3v) is 5.31. The van der Waals surface area contributed by atoms with Crippen LogP contribution in [0.3, 0.4) is 0 Å². The maximum absolute atomic E-state index is 13.0. The largest absolute Gasteiger partial charge is 0.465 e. The van der Waals surface area contributed by atoms with E-state index in [2.05, 4.69) is 20.9 Å². The van der Waals surface area contributed by atoms with Crippen molar-refractivity contribution in [3.63, 3.8) is 0 Å². The van der Waals surface area contributed by atoms with Crippen molar-refractivity contribution in [1.82, 2.24) is 14.7 Å². The zero-order valence-electron chi connectivity index (χ0n) is 14.8. The summed E-state index contributed by atoms with van der Waals surface area (Å²) in [6, 6.07) is 5.93. The maximum atomic E-state index is 13.0. The fourth-order valence-electron chi connectivity index (χ4n) is 3.08. The number of benzene rings is 1. The lowest BCUT2D eigenvalue weighted by Crippen LogP contribution is -2.65. The van der Waals surface area contributed by atoms with Crippen molar-refractivity contribution in [2.24, 2.45) is 4.99 Å². The Hall–Kier alpha value is -2.13. The number of fused-ring (bicyclic) bond motifs is 1. The number of rotatable bonds is 5. The molecule has 0 radical (unpaired) electrons. The molecule has 0 spiro atoms. The van der Waals surface area contributed by atoms with Crippen molar-refractivity contribution in [1.29, 1.82) is 0 Å². The molecule has 1 fully saturated rings. The number of ether oxygens (including phenoxy) is 1. The first kappa shape index (κ1) is 19.6. The van der Waals surface area contributed by atoms with Gasteiger partial charge in [-0.15, -0.1) is 0 Å². The molecule has 3 amide bonds. The number of likely N-dealkylation sites (N-methyl/N-ethyl adjacent to an activating group) is 1. The van der Waals surface area contributed by atoms with Gasteiger partial charge in [-0.1, -0.05) is 23.7 Å². The SMILES string of the molecule is CCOC(=O)CN1C(=O)C2C(N=C(Br)N2Cc2ccc(Cl)cc2)N(C)C1=O. The van der Waals surface area contributed by atoms with E-state index in [1.165, 1.54) is 4.90 Å². The highest BCUT2D eigenvalue weighted by Gasteiger charge is 2.52. The molecule has 2 heterocycles. The van der Waals surface area contributed by atoms with E-state index < -0.39 is 36.7 Å². The highest BCUT2D eigenvalue weighted by Crippen LogP contribution is 2.31. The summed E-state index contributed by atoms with van der Waals surface area (Å²) < 4.78 is 5.35. The maximum Gasteiger partial charge on any atom is 0.328 e. The molecule has 1 aromatic rings. The molecule has 27 heavy (non-hydrogen) atoms. The molecule has 2 aliphatic heterocycles. The van der Waals surface area contributed by atoms with Gasteiger partial charge in [0.2, 0.25) is 0 Å². The van der Waals surface area contributed by atoms with Crippen molar-refractivity contribution < 1.29 is 19.1 Å². The predicted molar refractivity (Wildman–Crippen MR) is 102 cm³/mol. The van der Waals surface area contributed by atoms with E-state index in [9.17, 15) is 14.4 Å². The van der Waals surface area contributed by atoms with Crippen LogP contribution in [0.25, 0.3) is 0 Å². The highest BCUT2D eigenvalue weighted by atomic mass is 79.9. The van der Waals surface area contributed by atoms with Crippen molar-refractivity contribution in [3.8, 4) is 0 Å². The summed E-state index contributed by atoms with van der Waals surface area (Å²) >= 11 is 9.31. The lowest BCUT2D eigenvalue weighted by molar-refractivity contribution is -0.150. The summed E-state index contributed by atoms with van der Waals surface area (Å²) in [4.78, 5) is 45.8. The summed E-state index contributed by atoms with van der Waals surface area (Å²) in [5.74, 6) is -1.11. The minimum Gasteiger partial charge on any atom is -0.465 e. The summed E-state index contributed by atoms with van der Waals surface area (Å²) in [6.07, 6.45) is -0.662. The van der Waals surface area contributed by atoms with Crippen LogP contribution in [0.15, 0.2) is 29.3 Å². The van der Waals surface area contributed by atoms with Gasteiger partial charge in [0, 0.05) is 18.6 Å². The molecule has 2 atom stereocenters. The number of halogens is 2. The topological polar surface area (TPSA) is 82.5 Å². The monoisotopic (exact) mass is 456 g/mol. The first-order valence-electron chi connectivity index (χ1n) is 8.31. The Morgan fingerprint density at radius 1 is 1.30 bits per heavy atom. The minimum atomic E-state index is -0.729. The van der Waals surface area contributed by atoms with E-state index in [0.29, 0.717) is 16.3 Å². The van der Waals surface area contributed by atoms with Crippen LogP contribution >= 0.6 is 27.5 Å². The number of imide groups is 1. The Morgan fingerprint density at radius 2 is 1.96 bits per heavy atom. The van der Waals surface area contributed by atoms with Gasteiger partial charge in [-0.05, 0) is 40.5 Å². The molecule has 10 heteroatoms. The average Bonchev–Trinajstić information content (AvgIpc) is 2.96. The number of esters is 1. The van der Waals surface area contributed by atoms with E-state index in [0.717, 1.165) is 10.5 Å². The number of hydrogen-bond donors (Lipinski definition) is 0. The fraction of sp³-hybridized carbons (Fsp3) is 0.412. The van der Waals surface area contributed by atoms with Gasteiger partial charge in [0.1, 0.15) is 6.54 Å². The summed E-state index contributed by atoms with van der Waals surface area (Å²) in [5, 5.41) is 0.616. The Kier molecular flexibility index (Phi) is 5.71. The molecule has 0 bridgehead atoms. The third kappa shape index (κ3) is 3.79. The minimum absolute atomic E-state index is 0.175. The summed E-state index contributed by atoms with van der Waals surface area (Å²) in [5.41, 5.74) is 0.927. The van der Waals surface area contributed by atoms with Crippen LogP contribution in [0, 0.1) is 0 Å². The smallest absolute Gasteiger partial charge is 0.328 e. The molecule has 0 aromatic heterocycles. The van der Waals surface area contributed by atoms with Gasteiger partial charge in [-0.2, -0.15) is 0 Å². The Morgan fingerprint density at radius 3 is 2.59 bits per heavy atom. The fourth-order valence-corrected chi connectivity index (χ4v) is 3.76. The Bertz CT molecular complexity index is 801. The number of carbonyl (C=O) groups is 3. The number of urea groups is 1. The summed E-state index contributed by atoms with van der Waals surface area (Å²) in [7, 11) is 1.56. The van der Waals surface area contributed by atoms with E-state index in [1.807, 2.05) is 12.1 Å². The molecule has 1 saturated heterocycles. The third-order valence-electron chi connectivity index (χ3n) is 4.40. The molecular formula is C17H18BrClN4O4. The van der Waals surface area contributed by atoms with Crippen molar-refractivity contribution >= 4 is 50.2 Å². The number of nitrogens with zero attached hydrogens (tertiary/aromatic N) is 4. The van der Waals surface area contributed by atoms with Crippen LogP contribution in [0.5, 0.6) is 0 Å². The second-order valence-corrected chi connectivity index (χ2v) is 7.28. The zero-order valence-corrected chi connectivity index (χ0v) is 17.1. The highest BCUT2D eigenvalue weighted by molar-refractivity contribution is 9.18. The standard InChI is InChI=1S/C17H18BrClN4O4/c1-3-27-12(24)9-23-15(25)13-14(21(2)17(23)26)20-16(18)22(13)8-10-4-6-11(19)7-5-10/h4-7,13-14H,3,8-9H2,1-2H3. The quantitative estimate of drug-likeness (QED) is 0.499. The molecule has 0 N–H and O–H groups in total. The van der Waals surface area contributed by atoms with Crippen molar-refractivity contribution in [2.75, 3.05) is 20.2 Å². The van der Waals surface area contributed by atoms with Crippen molar-refractivity contribution in [2.45, 2.75) is 25.7 Å². The predicted octanol–water partition coefficient (Wildman–Crippen LogP) is 2.06. The second kappa shape index (κ2) is 7.85. The number of amidine groups is 1. The van der Waals surface area contributed by atoms with E-state index in [-0.39, 0.29) is 6.61 Å². The molecule has 2 unspecified atom stereocenters. The molecule has 3 rings (SSSR count). The molecule has 1 aromatic carbocycles. The number of hydrogen-bond acceptors (Lipinski definition) is 6. The lowest BCUT2D eigenvalue weighted by atomic mass is 10.1. The Balaban J connectivity index is 1.85. The normalized spacial score (nSPS) is 22.1. The molecule has 144 valence electrons. The van der Waals surface area contributed by atoms with Crippen LogP contribution in [0.4, 0.5) is 4.79 Å². The first-order valence-corrected chi connectivity index (χ1v) is 9.48. The molecule has 2 aliphatic rings. The van der Waals surface area contributed by atoms with Crippen LogP contribution in [-0.2, 0) is 20.9 Å². The van der Waals surface area contributed by atoms with Gasteiger partial charge in [-0.25, -0.2) is 9.79 Å². The van der Waals surface area contributed by atoms with Gasteiger partial charge in [0.05, 0.1) is 6.61 Å². The van der Waals surface area contributed by atoms with Gasteiger partial charge in [0.15, 0.2) is 17.0 Å². The van der Waals surface area contributed by atoms with E-state index in [1.54, 1.807) is 31.0 Å². The van der Waals surface area contributed by atoms with Gasteiger partial charge < -0.3 is 14.5 Å². The molecule has 8 nitrogen and oxygen atoms in total. The van der Waals surface area contributed by atoms with Crippen molar-refractivity contribution in [3.05, 3.63) is 34.9 Å². The van der Waals surface area contributed by atoms with Gasteiger partial charge in [-0.3, -0.25) is 14.5 Å². The van der Waals surface area contributed by atoms with Crippen LogP contribution in [-0.4, -0.2) is 69.8 Å². The van der Waals surface area contributed by atoms with Crippen LogP contribution in [0.2, 0.25) is 5.02 Å². The van der Waals surface area contributed by atoms with E-state index >= 15 is 0 Å². The Labute approximate surface area is 169 Å². The van der Waals surface area contributed by atoms with Crippen LogP contribution < -0.4 is 0 Å². The number of amides is 3. The number of aliphatic imine (C=N–C) groups is 1.